The van der Waals surface area contributed by atoms with Crippen LogP contribution in [0.1, 0.15) is 34.6 Å². The van der Waals surface area contributed by atoms with Gasteiger partial charge >= 0.3 is 5.97 Å². The molecule has 0 saturated heterocycles. The fraction of sp³-hybridized carbons (Fsp3) is 0.350. The Bertz CT molecular complexity index is 750. The van der Waals surface area contributed by atoms with Crippen LogP contribution in [0.2, 0.25) is 0 Å². The SMILES string of the molecule is COC(=O)[C@@]1(c2cc(C)ccc2OC)C[C@@H]1c1ccccc1C. The number of carbonyl (C=O) groups is 1. The first-order valence-electron chi connectivity index (χ1n) is 7.83. The van der Waals surface area contributed by atoms with Crippen molar-refractivity contribution in [3.8, 4) is 5.75 Å². The van der Waals surface area contributed by atoms with Crippen LogP contribution in [0.3, 0.4) is 0 Å². The van der Waals surface area contributed by atoms with Crippen molar-refractivity contribution >= 4 is 5.97 Å². The molecule has 2 atom stereocenters. The smallest absolute Gasteiger partial charge is 0.317 e. The molecule has 2 aromatic rings. The molecule has 1 fully saturated rings. The standard InChI is InChI=1S/C20H22O3/c1-13-9-10-18(22-3)16(11-13)20(19(21)23-4)12-17(20)15-8-6-5-7-14(15)2/h5-11,17H,12H2,1-4H3/t17-,20-/m1/s1. The topological polar surface area (TPSA) is 35.5 Å². The number of rotatable bonds is 4. The maximum Gasteiger partial charge on any atom is 0.317 e. The summed E-state index contributed by atoms with van der Waals surface area (Å²) in [6.07, 6.45) is 0.754. The highest BCUT2D eigenvalue weighted by Gasteiger charge is 2.64. The van der Waals surface area contributed by atoms with Crippen LogP contribution in [-0.2, 0) is 14.9 Å². The van der Waals surface area contributed by atoms with Crippen molar-refractivity contribution < 1.29 is 14.3 Å². The highest BCUT2D eigenvalue weighted by atomic mass is 16.5. The van der Waals surface area contributed by atoms with Gasteiger partial charge in [-0.15, -0.1) is 0 Å². The zero-order valence-corrected chi connectivity index (χ0v) is 14.1. The molecule has 0 bridgehead atoms. The van der Waals surface area contributed by atoms with Crippen LogP contribution in [0.15, 0.2) is 42.5 Å². The molecular formula is C20H22O3. The average molecular weight is 310 g/mol. The predicted molar refractivity (Wildman–Crippen MR) is 90.0 cm³/mol. The number of aryl methyl sites for hydroxylation is 2. The monoisotopic (exact) mass is 310 g/mol. The van der Waals surface area contributed by atoms with E-state index >= 15 is 0 Å². The van der Waals surface area contributed by atoms with E-state index in [1.165, 1.54) is 18.2 Å². The van der Waals surface area contributed by atoms with Gasteiger partial charge in [-0.05, 0) is 37.5 Å². The Morgan fingerprint density at radius 2 is 1.87 bits per heavy atom. The van der Waals surface area contributed by atoms with E-state index in [1.54, 1.807) is 7.11 Å². The van der Waals surface area contributed by atoms with E-state index in [2.05, 4.69) is 19.1 Å². The Morgan fingerprint density at radius 1 is 1.13 bits per heavy atom. The summed E-state index contributed by atoms with van der Waals surface area (Å²) in [6, 6.07) is 14.2. The van der Waals surface area contributed by atoms with E-state index in [-0.39, 0.29) is 11.9 Å². The molecule has 0 aliphatic heterocycles. The lowest BCUT2D eigenvalue weighted by Crippen LogP contribution is -2.25. The first kappa shape index (κ1) is 15.6. The van der Waals surface area contributed by atoms with Crippen molar-refractivity contribution in [1.29, 1.82) is 0 Å². The van der Waals surface area contributed by atoms with Gasteiger partial charge in [0.1, 0.15) is 11.2 Å². The molecule has 3 heteroatoms. The molecule has 3 nitrogen and oxygen atoms in total. The van der Waals surface area contributed by atoms with Crippen LogP contribution in [0, 0.1) is 13.8 Å². The lowest BCUT2D eigenvalue weighted by molar-refractivity contribution is -0.143. The highest BCUT2D eigenvalue weighted by molar-refractivity contribution is 5.90. The maximum atomic E-state index is 12.7. The van der Waals surface area contributed by atoms with Crippen molar-refractivity contribution in [2.24, 2.45) is 0 Å². The molecule has 0 N–H and O–H groups in total. The number of hydrogen-bond donors (Lipinski definition) is 0. The van der Waals surface area contributed by atoms with Crippen molar-refractivity contribution in [1.82, 2.24) is 0 Å². The second kappa shape index (κ2) is 5.73. The van der Waals surface area contributed by atoms with Gasteiger partial charge in [-0.1, -0.05) is 42.0 Å². The molecule has 0 spiro atoms. The molecule has 0 amide bonds. The van der Waals surface area contributed by atoms with Crippen molar-refractivity contribution in [2.45, 2.75) is 31.6 Å². The molecule has 1 saturated carbocycles. The average Bonchev–Trinajstić information content (AvgIpc) is 3.31. The van der Waals surface area contributed by atoms with Gasteiger partial charge in [0.15, 0.2) is 0 Å². The molecule has 2 aromatic carbocycles. The van der Waals surface area contributed by atoms with E-state index in [0.717, 1.165) is 23.3 Å². The second-order valence-corrected chi connectivity index (χ2v) is 6.28. The summed E-state index contributed by atoms with van der Waals surface area (Å²) < 4.78 is 10.7. The Balaban J connectivity index is 2.14. The molecule has 0 unspecified atom stereocenters. The van der Waals surface area contributed by atoms with Gasteiger partial charge in [0, 0.05) is 11.5 Å². The fourth-order valence-corrected chi connectivity index (χ4v) is 3.60. The largest absolute Gasteiger partial charge is 0.496 e. The lowest BCUT2D eigenvalue weighted by atomic mass is 9.88. The molecule has 23 heavy (non-hydrogen) atoms. The van der Waals surface area contributed by atoms with Gasteiger partial charge in [-0.2, -0.15) is 0 Å². The summed E-state index contributed by atoms with van der Waals surface area (Å²) in [5.41, 5.74) is 3.81. The summed E-state index contributed by atoms with van der Waals surface area (Å²) in [7, 11) is 3.10. The summed E-state index contributed by atoms with van der Waals surface area (Å²) in [5, 5.41) is 0. The highest BCUT2D eigenvalue weighted by Crippen LogP contribution is 2.63. The van der Waals surface area contributed by atoms with Gasteiger partial charge in [0.25, 0.3) is 0 Å². The minimum Gasteiger partial charge on any atom is -0.496 e. The number of ether oxygens (including phenoxy) is 2. The third kappa shape index (κ3) is 2.40. The zero-order chi connectivity index (χ0) is 16.6. The van der Waals surface area contributed by atoms with E-state index in [4.69, 9.17) is 9.47 Å². The van der Waals surface area contributed by atoms with Crippen molar-refractivity contribution in [3.63, 3.8) is 0 Å². The molecule has 1 aliphatic carbocycles. The summed E-state index contributed by atoms with van der Waals surface area (Å²) in [4.78, 5) is 12.7. The van der Waals surface area contributed by atoms with Gasteiger partial charge < -0.3 is 9.47 Å². The van der Waals surface area contributed by atoms with E-state index in [1.807, 2.05) is 37.3 Å². The van der Waals surface area contributed by atoms with Crippen LogP contribution in [-0.4, -0.2) is 20.2 Å². The molecule has 0 heterocycles. The molecule has 1 aliphatic rings. The molecular weight excluding hydrogens is 288 g/mol. The van der Waals surface area contributed by atoms with Crippen molar-refractivity contribution in [2.75, 3.05) is 14.2 Å². The molecule has 3 rings (SSSR count). The number of esters is 1. The fourth-order valence-electron chi connectivity index (χ4n) is 3.60. The van der Waals surface area contributed by atoms with Gasteiger partial charge in [-0.3, -0.25) is 4.79 Å². The Kier molecular flexibility index (Phi) is 3.88. The Hall–Kier alpha value is -2.29. The Labute approximate surface area is 137 Å². The summed E-state index contributed by atoms with van der Waals surface area (Å²) in [5.74, 6) is 0.693. The third-order valence-electron chi connectivity index (χ3n) is 4.91. The first-order valence-corrected chi connectivity index (χ1v) is 7.83. The number of carbonyl (C=O) groups excluding carboxylic acids is 1. The van der Waals surface area contributed by atoms with E-state index < -0.39 is 5.41 Å². The maximum absolute atomic E-state index is 12.7. The number of methoxy groups -OCH3 is 2. The summed E-state index contributed by atoms with van der Waals surface area (Å²) >= 11 is 0. The van der Waals surface area contributed by atoms with Crippen LogP contribution in [0.4, 0.5) is 0 Å². The van der Waals surface area contributed by atoms with Gasteiger partial charge in [-0.25, -0.2) is 0 Å². The van der Waals surface area contributed by atoms with Crippen LogP contribution < -0.4 is 4.74 Å². The normalized spacial score (nSPS) is 22.5. The number of benzene rings is 2. The van der Waals surface area contributed by atoms with Gasteiger partial charge in [0.05, 0.1) is 14.2 Å². The Morgan fingerprint density at radius 3 is 2.52 bits per heavy atom. The minimum atomic E-state index is -0.641. The van der Waals surface area contributed by atoms with E-state index in [9.17, 15) is 4.79 Å². The third-order valence-corrected chi connectivity index (χ3v) is 4.91. The summed E-state index contributed by atoms with van der Waals surface area (Å²) in [6.45, 7) is 4.11. The quantitative estimate of drug-likeness (QED) is 0.803. The molecule has 0 radical (unpaired) electrons. The lowest BCUT2D eigenvalue weighted by Gasteiger charge is -2.20. The second-order valence-electron chi connectivity index (χ2n) is 6.28. The van der Waals surface area contributed by atoms with Crippen LogP contribution in [0.5, 0.6) is 5.75 Å². The number of hydrogen-bond acceptors (Lipinski definition) is 3. The van der Waals surface area contributed by atoms with E-state index in [0.29, 0.717) is 0 Å². The zero-order valence-electron chi connectivity index (χ0n) is 14.1. The van der Waals surface area contributed by atoms with Crippen LogP contribution in [0.25, 0.3) is 0 Å². The van der Waals surface area contributed by atoms with Crippen molar-refractivity contribution in [3.05, 3.63) is 64.7 Å². The van der Waals surface area contributed by atoms with Gasteiger partial charge in [0.2, 0.25) is 0 Å². The molecule has 120 valence electrons. The predicted octanol–water partition coefficient (Wildman–Crippen LogP) is 3.91. The van der Waals surface area contributed by atoms with Crippen LogP contribution >= 0.6 is 0 Å². The first-order chi connectivity index (χ1) is 11.0. The minimum absolute atomic E-state index is 0.131. The molecule has 0 aromatic heterocycles.